The molecule has 17 heavy (non-hydrogen) atoms. The van der Waals surface area contributed by atoms with Gasteiger partial charge in [-0.1, -0.05) is 6.07 Å². The summed E-state index contributed by atoms with van der Waals surface area (Å²) >= 11 is 0. The summed E-state index contributed by atoms with van der Waals surface area (Å²) in [5.41, 5.74) is 7.95. The monoisotopic (exact) mass is 237 g/mol. The molecular formula is C13H19NO3. The number of methoxy groups -OCH3 is 1. The first-order valence-corrected chi connectivity index (χ1v) is 5.44. The Morgan fingerprint density at radius 3 is 2.47 bits per heavy atom. The van der Waals surface area contributed by atoms with E-state index in [0.29, 0.717) is 0 Å². The molecule has 4 heteroatoms. The summed E-state index contributed by atoms with van der Waals surface area (Å²) < 4.78 is 5.22. The highest BCUT2D eigenvalue weighted by atomic mass is 16.5. The van der Waals surface area contributed by atoms with E-state index < -0.39 is 11.5 Å². The number of hydrogen-bond acceptors (Lipinski definition) is 3. The standard InChI is InChI=1S/C13H19NO3/c1-8-6-11(17-4)9(2)5-10(8)13(3,14)7-12(15)16/h5-6H,7,14H2,1-4H3,(H,15,16). The fraction of sp³-hybridized carbons (Fsp3) is 0.462. The number of carboxylic acid groups (broad SMARTS) is 1. The average Bonchev–Trinajstić information content (AvgIpc) is 2.18. The molecule has 0 aliphatic rings. The lowest BCUT2D eigenvalue weighted by Crippen LogP contribution is -2.36. The minimum atomic E-state index is -0.900. The maximum atomic E-state index is 10.8. The number of benzene rings is 1. The second-order valence-corrected chi connectivity index (χ2v) is 4.62. The van der Waals surface area contributed by atoms with E-state index in [1.165, 1.54) is 0 Å². The van der Waals surface area contributed by atoms with Gasteiger partial charge in [0.05, 0.1) is 13.5 Å². The Balaban J connectivity index is 3.22. The van der Waals surface area contributed by atoms with Crippen LogP contribution < -0.4 is 10.5 Å². The fourth-order valence-corrected chi connectivity index (χ4v) is 2.03. The number of rotatable bonds is 4. The first kappa shape index (κ1) is 13.5. The van der Waals surface area contributed by atoms with Crippen molar-refractivity contribution < 1.29 is 14.6 Å². The predicted octanol–water partition coefficient (Wildman–Crippen LogP) is 1.96. The lowest BCUT2D eigenvalue weighted by Gasteiger charge is -2.26. The molecule has 0 aromatic heterocycles. The number of aliphatic carboxylic acids is 1. The van der Waals surface area contributed by atoms with E-state index in [4.69, 9.17) is 15.6 Å². The van der Waals surface area contributed by atoms with Crippen LogP contribution >= 0.6 is 0 Å². The number of nitrogens with two attached hydrogens (primary N) is 1. The van der Waals surface area contributed by atoms with Gasteiger partial charge >= 0.3 is 5.97 Å². The SMILES string of the molecule is COc1cc(C)c(C(C)(N)CC(=O)O)cc1C. The molecule has 0 fully saturated rings. The molecule has 1 unspecified atom stereocenters. The van der Waals surface area contributed by atoms with Gasteiger partial charge in [-0.25, -0.2) is 0 Å². The Labute approximate surface area is 101 Å². The molecule has 3 N–H and O–H groups in total. The van der Waals surface area contributed by atoms with Gasteiger partial charge in [-0.3, -0.25) is 4.79 Å². The van der Waals surface area contributed by atoms with Crippen LogP contribution in [-0.2, 0) is 10.3 Å². The molecule has 0 saturated heterocycles. The second kappa shape index (κ2) is 4.75. The number of ether oxygens (including phenoxy) is 1. The summed E-state index contributed by atoms with van der Waals surface area (Å²) in [6.45, 7) is 5.55. The zero-order valence-corrected chi connectivity index (χ0v) is 10.7. The number of hydrogen-bond donors (Lipinski definition) is 2. The van der Waals surface area contributed by atoms with E-state index in [0.717, 1.165) is 22.4 Å². The quantitative estimate of drug-likeness (QED) is 0.839. The van der Waals surface area contributed by atoms with Crippen molar-refractivity contribution in [3.05, 3.63) is 28.8 Å². The molecule has 0 bridgehead atoms. The van der Waals surface area contributed by atoms with Crippen molar-refractivity contribution in [1.82, 2.24) is 0 Å². The Morgan fingerprint density at radius 2 is 2.00 bits per heavy atom. The molecule has 0 saturated carbocycles. The summed E-state index contributed by atoms with van der Waals surface area (Å²) in [7, 11) is 1.61. The van der Waals surface area contributed by atoms with Gasteiger partial charge < -0.3 is 15.6 Å². The van der Waals surface area contributed by atoms with Crippen molar-refractivity contribution in [3.8, 4) is 5.75 Å². The van der Waals surface area contributed by atoms with Crippen LogP contribution in [0.15, 0.2) is 12.1 Å². The second-order valence-electron chi connectivity index (χ2n) is 4.62. The molecule has 94 valence electrons. The topological polar surface area (TPSA) is 72.5 Å². The molecule has 0 heterocycles. The fourth-order valence-electron chi connectivity index (χ4n) is 2.03. The molecule has 0 aliphatic heterocycles. The van der Waals surface area contributed by atoms with Gasteiger partial charge in [0, 0.05) is 5.54 Å². The lowest BCUT2D eigenvalue weighted by molar-refractivity contribution is -0.138. The van der Waals surface area contributed by atoms with Gasteiger partial charge in [0.2, 0.25) is 0 Å². The third-order valence-corrected chi connectivity index (χ3v) is 2.88. The van der Waals surface area contributed by atoms with E-state index in [-0.39, 0.29) is 6.42 Å². The van der Waals surface area contributed by atoms with Gasteiger partial charge in [0.1, 0.15) is 5.75 Å². The zero-order valence-electron chi connectivity index (χ0n) is 10.7. The number of aryl methyl sites for hydroxylation is 2. The molecule has 1 aromatic carbocycles. The summed E-state index contributed by atoms with van der Waals surface area (Å²) in [5.74, 6) is -0.111. The Kier molecular flexibility index (Phi) is 3.78. The van der Waals surface area contributed by atoms with Crippen LogP contribution in [0.2, 0.25) is 0 Å². The van der Waals surface area contributed by atoms with E-state index in [1.54, 1.807) is 14.0 Å². The van der Waals surface area contributed by atoms with Crippen LogP contribution in [0.5, 0.6) is 5.75 Å². The minimum Gasteiger partial charge on any atom is -0.496 e. The Morgan fingerprint density at radius 1 is 1.41 bits per heavy atom. The maximum absolute atomic E-state index is 10.8. The largest absolute Gasteiger partial charge is 0.496 e. The molecule has 1 rings (SSSR count). The number of carboxylic acids is 1. The molecule has 0 radical (unpaired) electrons. The highest BCUT2D eigenvalue weighted by molar-refractivity contribution is 5.69. The van der Waals surface area contributed by atoms with Crippen molar-refractivity contribution in [2.24, 2.45) is 5.73 Å². The minimum absolute atomic E-state index is 0.0976. The molecular weight excluding hydrogens is 218 g/mol. The normalized spacial score (nSPS) is 14.2. The van der Waals surface area contributed by atoms with Crippen molar-refractivity contribution >= 4 is 5.97 Å². The summed E-state index contributed by atoms with van der Waals surface area (Å²) in [4.78, 5) is 10.8. The maximum Gasteiger partial charge on any atom is 0.305 e. The lowest BCUT2D eigenvalue weighted by atomic mass is 9.85. The molecule has 0 aliphatic carbocycles. The zero-order chi connectivity index (χ0) is 13.2. The first-order chi connectivity index (χ1) is 7.77. The summed E-state index contributed by atoms with van der Waals surface area (Å²) in [5, 5.41) is 8.87. The van der Waals surface area contributed by atoms with E-state index >= 15 is 0 Å². The molecule has 0 spiro atoms. The Bertz CT molecular complexity index is 439. The van der Waals surface area contributed by atoms with Crippen LogP contribution in [0.25, 0.3) is 0 Å². The van der Waals surface area contributed by atoms with Crippen LogP contribution in [0.1, 0.15) is 30.0 Å². The molecule has 4 nitrogen and oxygen atoms in total. The third-order valence-electron chi connectivity index (χ3n) is 2.88. The van der Waals surface area contributed by atoms with Gasteiger partial charge in [-0.2, -0.15) is 0 Å². The van der Waals surface area contributed by atoms with E-state index in [1.807, 2.05) is 26.0 Å². The van der Waals surface area contributed by atoms with Gasteiger partial charge in [-0.05, 0) is 43.5 Å². The summed E-state index contributed by atoms with van der Waals surface area (Å²) in [6.07, 6.45) is -0.0976. The number of carbonyl (C=O) groups is 1. The van der Waals surface area contributed by atoms with Crippen molar-refractivity contribution in [1.29, 1.82) is 0 Å². The third kappa shape index (κ3) is 2.97. The Hall–Kier alpha value is -1.55. The van der Waals surface area contributed by atoms with E-state index in [9.17, 15) is 4.79 Å². The van der Waals surface area contributed by atoms with Crippen LogP contribution in [-0.4, -0.2) is 18.2 Å². The highest BCUT2D eigenvalue weighted by Gasteiger charge is 2.27. The predicted molar refractivity (Wildman–Crippen MR) is 66.3 cm³/mol. The van der Waals surface area contributed by atoms with Crippen LogP contribution in [0.4, 0.5) is 0 Å². The van der Waals surface area contributed by atoms with Gasteiger partial charge in [0.25, 0.3) is 0 Å². The average molecular weight is 237 g/mol. The summed E-state index contributed by atoms with van der Waals surface area (Å²) in [6, 6.07) is 3.79. The molecule has 1 atom stereocenters. The highest BCUT2D eigenvalue weighted by Crippen LogP contribution is 2.30. The van der Waals surface area contributed by atoms with Crippen molar-refractivity contribution in [3.63, 3.8) is 0 Å². The molecule has 1 aromatic rings. The smallest absolute Gasteiger partial charge is 0.305 e. The van der Waals surface area contributed by atoms with Crippen molar-refractivity contribution in [2.45, 2.75) is 32.7 Å². The van der Waals surface area contributed by atoms with Gasteiger partial charge in [0.15, 0.2) is 0 Å². The van der Waals surface area contributed by atoms with Crippen LogP contribution in [0.3, 0.4) is 0 Å². The van der Waals surface area contributed by atoms with Crippen molar-refractivity contribution in [2.75, 3.05) is 7.11 Å². The molecule has 0 amide bonds. The van der Waals surface area contributed by atoms with E-state index in [2.05, 4.69) is 0 Å². The van der Waals surface area contributed by atoms with Crippen LogP contribution in [0, 0.1) is 13.8 Å². The van der Waals surface area contributed by atoms with Gasteiger partial charge in [-0.15, -0.1) is 0 Å². The first-order valence-electron chi connectivity index (χ1n) is 5.44.